The lowest BCUT2D eigenvalue weighted by molar-refractivity contribution is -0.141. The van der Waals surface area contributed by atoms with Crippen molar-refractivity contribution in [3.8, 4) is 5.75 Å². The van der Waals surface area contributed by atoms with Crippen molar-refractivity contribution in [1.29, 1.82) is 0 Å². The van der Waals surface area contributed by atoms with Gasteiger partial charge in [-0.1, -0.05) is 11.6 Å². The lowest BCUT2D eigenvalue weighted by Gasteiger charge is -2.10. The summed E-state index contributed by atoms with van der Waals surface area (Å²) >= 11 is 6.61. The van der Waals surface area contributed by atoms with Crippen LogP contribution in [0, 0.1) is 13.8 Å². The molecule has 0 saturated heterocycles. The van der Waals surface area contributed by atoms with Gasteiger partial charge >= 0.3 is 6.18 Å². The first kappa shape index (κ1) is 24.5. The van der Waals surface area contributed by atoms with Gasteiger partial charge in [0.05, 0.1) is 5.69 Å². The van der Waals surface area contributed by atoms with Crippen LogP contribution in [0.15, 0.2) is 36.5 Å². The number of anilines is 1. The Kier molecular flexibility index (Phi) is 6.43. The number of rotatable bonds is 6. The van der Waals surface area contributed by atoms with Gasteiger partial charge < -0.3 is 15.8 Å². The zero-order chi connectivity index (χ0) is 25.5. The minimum atomic E-state index is -4.67. The van der Waals surface area contributed by atoms with Crippen LogP contribution < -0.4 is 15.8 Å². The molecule has 0 atom stereocenters. The lowest BCUT2D eigenvalue weighted by Crippen LogP contribution is -2.18. The fraction of sp³-hybridized carbons (Fsp3) is 0.182. The second-order valence-electron chi connectivity index (χ2n) is 7.55. The standard InChI is InChI=1S/C22H17ClF3N5O3S/c1-10-7-12(23)3-4-14(10)34-9-31-6-5-13(30-31)20(33)29-17-16-11(2)8-15(22(24,25)26)28-21(16)35-18(17)19(27)32/h3-8H,9H2,1-2H3,(H2,27,32)(H,29,33). The number of thiophene rings is 1. The van der Waals surface area contributed by atoms with E-state index < -0.39 is 23.7 Å². The Balaban J connectivity index is 1.58. The molecule has 2 amide bonds. The summed E-state index contributed by atoms with van der Waals surface area (Å²) in [6.45, 7) is 3.27. The van der Waals surface area contributed by atoms with Crippen molar-refractivity contribution < 1.29 is 27.5 Å². The smallest absolute Gasteiger partial charge is 0.433 e. The highest BCUT2D eigenvalue weighted by Crippen LogP contribution is 2.39. The molecule has 0 radical (unpaired) electrons. The predicted molar refractivity (Wildman–Crippen MR) is 125 cm³/mol. The Labute approximate surface area is 205 Å². The number of nitrogens with one attached hydrogen (secondary N) is 1. The second-order valence-corrected chi connectivity index (χ2v) is 8.99. The number of carbonyl (C=O) groups excluding carboxylic acids is 2. The molecule has 35 heavy (non-hydrogen) atoms. The number of aromatic nitrogens is 3. The number of fused-ring (bicyclic) bond motifs is 1. The van der Waals surface area contributed by atoms with Gasteiger partial charge in [-0.05, 0) is 55.3 Å². The van der Waals surface area contributed by atoms with Crippen molar-refractivity contribution >= 4 is 50.7 Å². The van der Waals surface area contributed by atoms with Crippen LogP contribution in [0.3, 0.4) is 0 Å². The van der Waals surface area contributed by atoms with Crippen molar-refractivity contribution in [3.63, 3.8) is 0 Å². The van der Waals surface area contributed by atoms with Gasteiger partial charge in [0, 0.05) is 16.6 Å². The first-order valence-electron chi connectivity index (χ1n) is 9.99. The molecule has 0 fully saturated rings. The minimum Gasteiger partial charge on any atom is -0.471 e. The van der Waals surface area contributed by atoms with Crippen LogP contribution in [-0.2, 0) is 12.9 Å². The topological polar surface area (TPSA) is 112 Å². The number of pyridine rings is 1. The van der Waals surface area contributed by atoms with Gasteiger partial charge in [-0.25, -0.2) is 9.67 Å². The highest BCUT2D eigenvalue weighted by molar-refractivity contribution is 7.21. The highest BCUT2D eigenvalue weighted by Gasteiger charge is 2.34. The summed E-state index contributed by atoms with van der Waals surface area (Å²) in [6, 6.07) is 7.41. The van der Waals surface area contributed by atoms with Crippen LogP contribution in [0.2, 0.25) is 5.02 Å². The number of hydrogen-bond donors (Lipinski definition) is 2. The van der Waals surface area contributed by atoms with E-state index in [9.17, 15) is 22.8 Å². The summed E-state index contributed by atoms with van der Waals surface area (Å²) in [7, 11) is 0. The van der Waals surface area contributed by atoms with Gasteiger partial charge in [-0.2, -0.15) is 18.3 Å². The molecule has 182 valence electrons. The normalized spacial score (nSPS) is 11.6. The van der Waals surface area contributed by atoms with Crippen LogP contribution in [0.5, 0.6) is 5.75 Å². The third-order valence-corrected chi connectivity index (χ3v) is 6.31. The molecule has 0 aliphatic rings. The Hall–Kier alpha value is -3.64. The molecule has 0 bridgehead atoms. The maximum atomic E-state index is 13.2. The van der Waals surface area contributed by atoms with Crippen molar-refractivity contribution in [2.75, 3.05) is 5.32 Å². The van der Waals surface area contributed by atoms with E-state index in [0.29, 0.717) is 22.1 Å². The molecule has 4 rings (SSSR count). The number of ether oxygens (including phenoxy) is 1. The summed E-state index contributed by atoms with van der Waals surface area (Å²) in [5.74, 6) is -1.01. The van der Waals surface area contributed by atoms with Crippen molar-refractivity contribution in [2.45, 2.75) is 26.8 Å². The summed E-state index contributed by atoms with van der Waals surface area (Å²) in [6.07, 6.45) is -3.15. The fourth-order valence-corrected chi connectivity index (χ4v) is 4.65. The number of amides is 2. The third-order valence-electron chi connectivity index (χ3n) is 4.97. The van der Waals surface area contributed by atoms with Crippen LogP contribution in [0.4, 0.5) is 18.9 Å². The number of hydrogen-bond acceptors (Lipinski definition) is 6. The number of benzene rings is 1. The van der Waals surface area contributed by atoms with E-state index in [0.717, 1.165) is 11.6 Å². The molecule has 0 saturated carbocycles. The molecule has 13 heteroatoms. The average molecular weight is 524 g/mol. The third kappa shape index (κ3) is 5.08. The molecule has 0 aliphatic heterocycles. The van der Waals surface area contributed by atoms with E-state index in [1.807, 2.05) is 6.92 Å². The molecule has 0 aliphatic carbocycles. The van der Waals surface area contributed by atoms with E-state index in [4.69, 9.17) is 22.1 Å². The number of alkyl halides is 3. The van der Waals surface area contributed by atoms with Crippen molar-refractivity contribution in [1.82, 2.24) is 14.8 Å². The van der Waals surface area contributed by atoms with Crippen molar-refractivity contribution in [2.24, 2.45) is 5.73 Å². The quantitative estimate of drug-likeness (QED) is 0.362. The van der Waals surface area contributed by atoms with Crippen LogP contribution in [-0.4, -0.2) is 26.6 Å². The molecular weight excluding hydrogens is 507 g/mol. The molecule has 1 aromatic carbocycles. The Morgan fingerprint density at radius 2 is 1.94 bits per heavy atom. The Morgan fingerprint density at radius 1 is 1.20 bits per heavy atom. The molecule has 8 nitrogen and oxygen atoms in total. The van der Waals surface area contributed by atoms with Gasteiger partial charge in [-0.3, -0.25) is 9.59 Å². The van der Waals surface area contributed by atoms with Gasteiger partial charge in [0.2, 0.25) is 0 Å². The van der Waals surface area contributed by atoms with Gasteiger partial charge in [0.25, 0.3) is 11.8 Å². The zero-order valence-corrected chi connectivity index (χ0v) is 19.8. The van der Waals surface area contributed by atoms with E-state index in [1.165, 1.54) is 23.9 Å². The highest BCUT2D eigenvalue weighted by atomic mass is 35.5. The SMILES string of the molecule is Cc1cc(Cl)ccc1OCn1ccc(C(=O)Nc2c(C(N)=O)sc3nc(C(F)(F)F)cc(C)c23)n1. The number of nitrogens with two attached hydrogens (primary N) is 1. The minimum absolute atomic E-state index is 0.00581. The fourth-order valence-electron chi connectivity index (χ4n) is 3.36. The summed E-state index contributed by atoms with van der Waals surface area (Å²) in [5, 5.41) is 7.48. The van der Waals surface area contributed by atoms with Crippen molar-refractivity contribution in [3.05, 3.63) is 68.9 Å². The molecule has 3 N–H and O–H groups in total. The zero-order valence-electron chi connectivity index (χ0n) is 18.2. The number of carbonyl (C=O) groups is 2. The van der Waals surface area contributed by atoms with E-state index in [2.05, 4.69) is 15.4 Å². The van der Waals surface area contributed by atoms with Crippen LogP contribution in [0.25, 0.3) is 10.2 Å². The van der Waals surface area contributed by atoms with E-state index in [-0.39, 0.29) is 38.8 Å². The Bertz CT molecular complexity index is 1460. The monoisotopic (exact) mass is 523 g/mol. The number of halogens is 4. The maximum absolute atomic E-state index is 13.2. The summed E-state index contributed by atoms with van der Waals surface area (Å²) < 4.78 is 46.6. The van der Waals surface area contributed by atoms with Gasteiger partial charge in [0.15, 0.2) is 12.4 Å². The van der Waals surface area contributed by atoms with Crippen LogP contribution >= 0.6 is 22.9 Å². The molecule has 0 unspecified atom stereocenters. The van der Waals surface area contributed by atoms with Gasteiger partial charge in [-0.15, -0.1) is 11.3 Å². The number of nitrogens with zero attached hydrogens (tertiary/aromatic N) is 3. The van der Waals surface area contributed by atoms with E-state index >= 15 is 0 Å². The summed E-state index contributed by atoms with van der Waals surface area (Å²) in [5.41, 5.74) is 5.29. The predicted octanol–water partition coefficient (Wildman–Crippen LogP) is 5.17. The van der Waals surface area contributed by atoms with Gasteiger partial charge in [0.1, 0.15) is 21.2 Å². The molecule has 0 spiro atoms. The van der Waals surface area contributed by atoms with Crippen LogP contribution in [0.1, 0.15) is 37.0 Å². The second kappa shape index (κ2) is 9.19. The Morgan fingerprint density at radius 3 is 2.60 bits per heavy atom. The first-order valence-corrected chi connectivity index (χ1v) is 11.2. The average Bonchev–Trinajstić information content (AvgIpc) is 3.38. The largest absolute Gasteiger partial charge is 0.471 e. The number of aryl methyl sites for hydroxylation is 2. The first-order chi connectivity index (χ1) is 16.4. The molecule has 4 aromatic rings. The summed E-state index contributed by atoms with van der Waals surface area (Å²) in [4.78, 5) is 28.2. The molecule has 3 aromatic heterocycles. The molecular formula is C22H17ClF3N5O3S. The van der Waals surface area contributed by atoms with E-state index in [1.54, 1.807) is 18.2 Å². The maximum Gasteiger partial charge on any atom is 0.433 e. The molecule has 3 heterocycles. The lowest BCUT2D eigenvalue weighted by atomic mass is 10.1. The number of primary amides is 1.